The van der Waals surface area contributed by atoms with Gasteiger partial charge < -0.3 is 14.9 Å². The van der Waals surface area contributed by atoms with Crippen LogP contribution in [0.2, 0.25) is 0 Å². The number of carbonyl (C=O) groups excluding carboxylic acids is 1. The molecule has 1 aromatic heterocycles. The lowest BCUT2D eigenvalue weighted by Crippen LogP contribution is -2.41. The van der Waals surface area contributed by atoms with Gasteiger partial charge in [-0.05, 0) is 37.5 Å². The molecule has 0 saturated carbocycles. The first kappa shape index (κ1) is 17.0. The molecule has 2 aromatic rings. The van der Waals surface area contributed by atoms with Gasteiger partial charge in [0, 0.05) is 5.39 Å². The molecule has 1 unspecified atom stereocenters. The van der Waals surface area contributed by atoms with Gasteiger partial charge in [-0.2, -0.15) is 0 Å². The fraction of sp³-hybridized carbons (Fsp3) is 0.471. The van der Waals surface area contributed by atoms with Crippen molar-refractivity contribution in [3.05, 3.63) is 29.0 Å². The fourth-order valence-corrected chi connectivity index (χ4v) is 2.70. The second-order valence-electron chi connectivity index (χ2n) is 5.86. The van der Waals surface area contributed by atoms with E-state index in [-0.39, 0.29) is 12.3 Å². The summed E-state index contributed by atoms with van der Waals surface area (Å²) in [6, 6.07) is 3.02. The minimum Gasteiger partial charge on any atom is -0.480 e. The molecule has 6 heteroatoms. The zero-order valence-electron chi connectivity index (χ0n) is 13.7. The average Bonchev–Trinajstić information content (AvgIpc) is 2.85. The number of aryl methyl sites for hydroxylation is 2. The molecular formula is C17H22N2O4. The van der Waals surface area contributed by atoms with Gasteiger partial charge in [0.05, 0.1) is 6.42 Å². The maximum atomic E-state index is 12.2. The number of hydrogen-bond acceptors (Lipinski definition) is 4. The maximum absolute atomic E-state index is 12.2. The topological polar surface area (TPSA) is 92.4 Å². The maximum Gasteiger partial charge on any atom is 0.326 e. The predicted molar refractivity (Wildman–Crippen MR) is 86.3 cm³/mol. The molecule has 6 nitrogen and oxygen atoms in total. The molecule has 2 N–H and O–H groups in total. The Morgan fingerprint density at radius 2 is 2.09 bits per heavy atom. The molecule has 1 aromatic carbocycles. The Morgan fingerprint density at radius 1 is 1.35 bits per heavy atom. The Morgan fingerprint density at radius 3 is 2.74 bits per heavy atom. The van der Waals surface area contributed by atoms with E-state index in [1.54, 1.807) is 0 Å². The number of fused-ring (bicyclic) bond motifs is 1. The van der Waals surface area contributed by atoms with Crippen LogP contribution in [-0.2, 0) is 16.0 Å². The van der Waals surface area contributed by atoms with Crippen molar-refractivity contribution in [3.63, 3.8) is 0 Å². The molecule has 0 fully saturated rings. The van der Waals surface area contributed by atoms with Crippen LogP contribution in [0, 0.1) is 13.8 Å². The highest BCUT2D eigenvalue weighted by atomic mass is 16.5. The van der Waals surface area contributed by atoms with Crippen molar-refractivity contribution in [1.82, 2.24) is 10.5 Å². The monoisotopic (exact) mass is 318 g/mol. The number of hydrogen-bond donors (Lipinski definition) is 2. The number of aliphatic carboxylic acids is 1. The molecule has 0 spiro atoms. The van der Waals surface area contributed by atoms with Crippen molar-refractivity contribution in [2.75, 3.05) is 0 Å². The van der Waals surface area contributed by atoms with E-state index < -0.39 is 12.0 Å². The highest BCUT2D eigenvalue weighted by Crippen LogP contribution is 2.24. The first-order valence-corrected chi connectivity index (χ1v) is 7.80. The van der Waals surface area contributed by atoms with E-state index in [0.29, 0.717) is 17.7 Å². The van der Waals surface area contributed by atoms with Crippen molar-refractivity contribution < 1.29 is 19.2 Å². The summed E-state index contributed by atoms with van der Waals surface area (Å²) in [6.45, 7) is 5.88. The number of amides is 1. The van der Waals surface area contributed by atoms with Gasteiger partial charge in [0.25, 0.3) is 0 Å². The first-order valence-electron chi connectivity index (χ1n) is 7.80. The van der Waals surface area contributed by atoms with Crippen molar-refractivity contribution in [3.8, 4) is 0 Å². The Hall–Kier alpha value is -2.37. The van der Waals surface area contributed by atoms with Crippen LogP contribution in [0.5, 0.6) is 0 Å². The number of nitrogens with zero attached hydrogens (tertiary/aromatic N) is 1. The predicted octanol–water partition coefficient (Wildman–Crippen LogP) is 2.75. The number of nitrogens with one attached hydrogen (secondary N) is 1. The summed E-state index contributed by atoms with van der Waals surface area (Å²) in [5, 5.41) is 16.5. The van der Waals surface area contributed by atoms with Crippen molar-refractivity contribution >= 4 is 22.8 Å². The van der Waals surface area contributed by atoms with Gasteiger partial charge in [-0.3, -0.25) is 4.79 Å². The van der Waals surface area contributed by atoms with E-state index >= 15 is 0 Å². The molecule has 2 rings (SSSR count). The number of carboxylic acids is 1. The van der Waals surface area contributed by atoms with E-state index in [1.165, 1.54) is 0 Å². The molecule has 0 aliphatic heterocycles. The highest BCUT2D eigenvalue weighted by Gasteiger charge is 2.21. The summed E-state index contributed by atoms with van der Waals surface area (Å²) in [7, 11) is 0. The largest absolute Gasteiger partial charge is 0.480 e. The van der Waals surface area contributed by atoms with Crippen molar-refractivity contribution in [2.45, 2.75) is 52.5 Å². The van der Waals surface area contributed by atoms with E-state index in [0.717, 1.165) is 29.4 Å². The molecule has 0 bridgehead atoms. The second-order valence-corrected chi connectivity index (χ2v) is 5.86. The van der Waals surface area contributed by atoms with Gasteiger partial charge in [0.2, 0.25) is 5.91 Å². The molecule has 0 radical (unpaired) electrons. The molecule has 1 amide bonds. The molecule has 23 heavy (non-hydrogen) atoms. The van der Waals surface area contributed by atoms with Crippen LogP contribution in [0.1, 0.15) is 43.0 Å². The first-order chi connectivity index (χ1) is 10.9. The fourth-order valence-electron chi connectivity index (χ4n) is 2.70. The van der Waals surface area contributed by atoms with Gasteiger partial charge in [-0.25, -0.2) is 4.79 Å². The van der Waals surface area contributed by atoms with Gasteiger partial charge in [0.15, 0.2) is 5.58 Å². The van der Waals surface area contributed by atoms with E-state index in [9.17, 15) is 14.7 Å². The summed E-state index contributed by atoms with van der Waals surface area (Å²) in [4.78, 5) is 23.4. The third-order valence-corrected chi connectivity index (χ3v) is 3.79. The number of carboxylic acid groups (broad SMARTS) is 1. The second kappa shape index (κ2) is 7.26. The molecular weight excluding hydrogens is 296 g/mol. The smallest absolute Gasteiger partial charge is 0.326 e. The van der Waals surface area contributed by atoms with Crippen molar-refractivity contribution in [2.24, 2.45) is 0 Å². The Bertz CT molecular complexity index is 721. The average molecular weight is 318 g/mol. The summed E-state index contributed by atoms with van der Waals surface area (Å²) >= 11 is 0. The number of benzene rings is 1. The van der Waals surface area contributed by atoms with Gasteiger partial charge in [-0.1, -0.05) is 31.0 Å². The van der Waals surface area contributed by atoms with Crippen LogP contribution in [-0.4, -0.2) is 28.2 Å². The number of unbranched alkanes of at least 4 members (excludes halogenated alkanes) is 1. The molecule has 124 valence electrons. The zero-order valence-corrected chi connectivity index (χ0v) is 13.7. The van der Waals surface area contributed by atoms with E-state index in [1.807, 2.05) is 32.9 Å². The van der Waals surface area contributed by atoms with Crippen LogP contribution in [0.4, 0.5) is 0 Å². The van der Waals surface area contributed by atoms with Crippen LogP contribution >= 0.6 is 0 Å². The minimum absolute atomic E-state index is 0.00675. The quantitative estimate of drug-likeness (QED) is 0.819. The summed E-state index contributed by atoms with van der Waals surface area (Å²) in [5.41, 5.74) is 3.23. The van der Waals surface area contributed by atoms with Crippen molar-refractivity contribution in [1.29, 1.82) is 0 Å². The summed E-state index contributed by atoms with van der Waals surface area (Å²) in [5.74, 6) is -1.37. The van der Waals surface area contributed by atoms with Gasteiger partial charge in [-0.15, -0.1) is 0 Å². The summed E-state index contributed by atoms with van der Waals surface area (Å²) < 4.78 is 5.28. The van der Waals surface area contributed by atoms with Gasteiger partial charge >= 0.3 is 5.97 Å². The standard InChI is InChI=1S/C17H22N2O4/c1-4-5-6-12(17(21)22)18-15(20)9-13-16-11(3)7-10(2)8-14(16)23-19-13/h7-8,12H,4-6,9H2,1-3H3,(H,18,20)(H,21,22). The molecule has 1 heterocycles. The third-order valence-electron chi connectivity index (χ3n) is 3.79. The highest BCUT2D eigenvalue weighted by molar-refractivity contribution is 5.90. The Labute approximate surface area is 134 Å². The van der Waals surface area contributed by atoms with Crippen LogP contribution in [0.3, 0.4) is 0 Å². The molecule has 0 aliphatic carbocycles. The third kappa shape index (κ3) is 4.09. The number of aromatic nitrogens is 1. The lowest BCUT2D eigenvalue weighted by Gasteiger charge is -2.13. The Kier molecular flexibility index (Phi) is 5.36. The normalized spacial score (nSPS) is 12.3. The van der Waals surface area contributed by atoms with E-state index in [4.69, 9.17) is 4.52 Å². The molecule has 0 saturated heterocycles. The lowest BCUT2D eigenvalue weighted by atomic mass is 10.0. The number of rotatable bonds is 7. The van der Waals surface area contributed by atoms with Gasteiger partial charge in [0.1, 0.15) is 11.7 Å². The van der Waals surface area contributed by atoms with Crippen LogP contribution < -0.4 is 5.32 Å². The van der Waals surface area contributed by atoms with Crippen LogP contribution in [0.25, 0.3) is 11.0 Å². The Balaban J connectivity index is 2.12. The minimum atomic E-state index is -1.01. The molecule has 1 atom stereocenters. The SMILES string of the molecule is CCCCC(NC(=O)Cc1noc2cc(C)cc(C)c12)C(=O)O. The number of carbonyl (C=O) groups is 2. The van der Waals surface area contributed by atoms with Crippen LogP contribution in [0.15, 0.2) is 16.7 Å². The zero-order chi connectivity index (χ0) is 17.0. The summed E-state index contributed by atoms with van der Waals surface area (Å²) in [6.07, 6.45) is 2.07. The van der Waals surface area contributed by atoms with E-state index in [2.05, 4.69) is 10.5 Å². The lowest BCUT2D eigenvalue weighted by molar-refractivity contribution is -0.142. The molecule has 0 aliphatic rings.